The lowest BCUT2D eigenvalue weighted by Crippen LogP contribution is -2.53. The number of H-pyrrole nitrogens is 5. The Bertz CT molecular complexity index is 6100. The van der Waals surface area contributed by atoms with Crippen molar-refractivity contribution >= 4 is 17.9 Å². The van der Waals surface area contributed by atoms with E-state index >= 15 is 0 Å². The molecule has 6 aromatic heterocycles. The lowest BCUT2D eigenvalue weighted by Gasteiger charge is -2.34. The number of hydrogen-bond acceptors (Lipinski definition) is 36. The Balaban J connectivity index is 0.000000110. The summed E-state index contributed by atoms with van der Waals surface area (Å²) in [5.74, 6) is -3.06. The van der Waals surface area contributed by atoms with Gasteiger partial charge in [0.15, 0.2) is 72.6 Å². The van der Waals surface area contributed by atoms with E-state index in [2.05, 4.69) is 38.8 Å². The van der Waals surface area contributed by atoms with Crippen molar-refractivity contribution in [1.82, 2.24) is 57.3 Å². The van der Waals surface area contributed by atoms with Crippen LogP contribution in [-0.4, -0.2) is 267 Å². The standard InChI is InChI=1S/C18H26N2O5.C16H19ClN2O5.C16H22N2O7.C15H20N2O6.C15H18N2O6.C10H14N2O6/c1-4-17(5-2)13-16(3,25-18(23-13)9-6-7-10-18)14(24-17)20-11-8-12(21)19-15(20)22;1-14-11(22-16(24-14)5-2-3-6-16)15(8-17)9-21-13-18-10(20)4-7-19(13)12(14)23-15;1-14-11(23-16(25-14)5-2-3-6-16)15(8-19,9-20)24-12(14)18-7-4-10(21)17-13(18)22;2*1-14-11(22-15(23-14)5-2-3-6-15)9(8-18)21-12(14)17-7-4-10(19)16-13(17)20;1-10(17)7(15)5(4-13)18-8(10)12-3-2-6(14)11-9(12)16/h8,11,13-14H,4-7,9-10H2,1-3H3,(H,19,21,22);4,7,11-12H,2-3,5-6,8-9H2,1H3;4,7,11-12,19-20H,2-3,5-6,8-9H2,1H3,(H,17,21,22);4,7,9,11-12,18H,2-3,5-6,8H2,1H3,(H,16,19,20);4,7-9,11-12H,2-3,5-6H2,1H3,(H,16,19,20);2-3,5,7-8,13,15,17H,4H2,1H3,(H,11,14,16)/t13-,14+,16+;11-,12+,14+,15+;11-,12+,14+;2*9-,11-,12-,14-;5-,7-,8-,10-/m000111/s1. The number of nitrogens with one attached hydrogen (secondary N) is 5. The van der Waals surface area contributed by atoms with Gasteiger partial charge in [-0.1, -0.05) is 13.8 Å². The highest BCUT2D eigenvalue weighted by Crippen LogP contribution is 2.64. The monoisotopic (exact) mass is 1960 g/mol. The summed E-state index contributed by atoms with van der Waals surface area (Å²) < 4.78 is 112. The summed E-state index contributed by atoms with van der Waals surface area (Å²) in [5, 5.41) is 58.4. The van der Waals surface area contributed by atoms with Crippen LogP contribution in [0.2, 0.25) is 0 Å². The molecule has 6 aromatic rings. The minimum absolute atomic E-state index is 0.170. The fourth-order valence-electron chi connectivity index (χ4n) is 23.9. The van der Waals surface area contributed by atoms with Crippen molar-refractivity contribution in [3.63, 3.8) is 0 Å². The SMILES string of the molecule is CCC1(CC)O[C@@H](n2ccc(=O)[nH]c2=O)[C@]2(C)OC3(CCCC3)O[C@H]12.C[C@@]1(O)[C@H](O)[C@@H](CO)O[C@H]1n1ccc(=O)[nH]c1=O.C[C@@]12OC3(CCCC3)O[C@@H]1C(CO)(CO)O[C@H]2n1ccc(=O)[nH]c1=O.C[C@@]12OC3(CCCC3)O[C@@H]1[C@@H](C=O)O[C@H]2n1ccc(=O)[nH]c1=O.C[C@@]12OC3(CCCC3)O[C@@H]1[C@@H](CO)O[C@H]2n1ccc(=O)[nH]c1=O.C[C@@]12OC3(CCCC3)O[C@@H]1[C@@]1(CCl)COc3nc(=O)ccn3[C@@H]2O1. The first-order valence-corrected chi connectivity index (χ1v) is 47.7. The molecule has 12 aliphatic heterocycles. The largest absolute Gasteiger partial charge is 0.461 e. The van der Waals surface area contributed by atoms with Crippen LogP contribution in [0.4, 0.5) is 0 Å². The lowest BCUT2D eigenvalue weighted by atomic mass is 9.84. The van der Waals surface area contributed by atoms with Crippen molar-refractivity contribution in [2.75, 3.05) is 38.9 Å². The van der Waals surface area contributed by atoms with Crippen LogP contribution in [0.5, 0.6) is 6.01 Å². The molecule has 2 bridgehead atoms. The van der Waals surface area contributed by atoms with Crippen LogP contribution >= 0.6 is 11.6 Å². The average molecular weight is 1960 g/mol. The summed E-state index contributed by atoms with van der Waals surface area (Å²) in [6.45, 7) is 13.3. The number of nitrogens with zero attached hydrogens (tertiary/aromatic N) is 7. The van der Waals surface area contributed by atoms with Crippen LogP contribution in [0.1, 0.15) is 234 Å². The first kappa shape index (κ1) is 99.3. The molecule has 48 heteroatoms. The minimum Gasteiger partial charge on any atom is -0.461 e. The number of aromatic amines is 5. The smallest absolute Gasteiger partial charge is 0.330 e. The minimum atomic E-state index is -1.75. The second-order valence-corrected chi connectivity index (χ2v) is 40.1. The Hall–Kier alpha value is -8.84. The maximum atomic E-state index is 12.4. The molecule has 23 rings (SSSR count). The van der Waals surface area contributed by atoms with Gasteiger partial charge < -0.3 is 116 Å². The van der Waals surface area contributed by atoms with E-state index in [1.807, 2.05) is 25.8 Å². The van der Waals surface area contributed by atoms with Crippen molar-refractivity contribution in [3.8, 4) is 6.01 Å². The van der Waals surface area contributed by atoms with Gasteiger partial charge in [0.05, 0.1) is 37.9 Å². The maximum Gasteiger partial charge on any atom is 0.330 e. The fraction of sp³-hybridized carbons (Fsp3) is 0.722. The Kier molecular flexibility index (Phi) is 26.3. The highest BCUT2D eigenvalue weighted by molar-refractivity contribution is 6.18. The number of fused-ring (bicyclic) bond motifs is 11. The topological polar surface area (TPSA) is 605 Å². The Morgan fingerprint density at radius 3 is 1.10 bits per heavy atom. The van der Waals surface area contributed by atoms with Gasteiger partial charge in [-0.2, -0.15) is 4.98 Å². The zero-order chi connectivity index (χ0) is 98.3. The second kappa shape index (κ2) is 36.5. The summed E-state index contributed by atoms with van der Waals surface area (Å²) in [6.07, 6.45) is 17.8. The molecule has 0 unspecified atom stereocenters. The third-order valence-corrected chi connectivity index (χ3v) is 31.1. The molecule has 0 radical (unpaired) electrons. The van der Waals surface area contributed by atoms with Crippen molar-refractivity contribution in [2.24, 2.45) is 0 Å². The van der Waals surface area contributed by atoms with Crippen LogP contribution in [0.25, 0.3) is 0 Å². The number of aldehydes is 1. The van der Waals surface area contributed by atoms with Crippen molar-refractivity contribution in [3.05, 3.63) is 188 Å². The summed E-state index contributed by atoms with van der Waals surface area (Å²) in [4.78, 5) is 155. The molecule has 756 valence electrons. The normalized spacial score (nSPS) is 37.5. The predicted molar refractivity (Wildman–Crippen MR) is 471 cm³/mol. The number of aromatic nitrogens is 12. The summed E-state index contributed by atoms with van der Waals surface area (Å²) in [5.41, 5.74) is -14.9. The lowest BCUT2D eigenvalue weighted by molar-refractivity contribution is -0.256. The Labute approximate surface area is 789 Å². The van der Waals surface area contributed by atoms with Gasteiger partial charge in [0.2, 0.25) is 0 Å². The Morgan fingerprint density at radius 1 is 0.399 bits per heavy atom. The first-order valence-electron chi connectivity index (χ1n) is 47.1. The molecule has 17 aliphatic rings. The molecular weight excluding hydrogens is 1840 g/mol. The van der Waals surface area contributed by atoms with Crippen molar-refractivity contribution in [2.45, 2.75) is 368 Å². The molecule has 138 heavy (non-hydrogen) atoms. The quantitative estimate of drug-likeness (QED) is 0.0550. The van der Waals surface area contributed by atoms with Crippen LogP contribution < -0.4 is 66.5 Å². The number of halogens is 1. The van der Waals surface area contributed by atoms with Crippen molar-refractivity contribution < 1.29 is 116 Å². The number of hydrogen-bond donors (Lipinski definition) is 11. The molecule has 47 nitrogen and oxygen atoms in total. The van der Waals surface area contributed by atoms with Crippen LogP contribution in [0.3, 0.4) is 0 Å². The zero-order valence-electron chi connectivity index (χ0n) is 77.5. The number of alkyl halides is 1. The third kappa shape index (κ3) is 16.6. The number of rotatable bonds is 13. The molecule has 0 aromatic carbocycles. The van der Waals surface area contributed by atoms with E-state index in [1.54, 1.807) is 24.6 Å². The third-order valence-electron chi connectivity index (χ3n) is 30.6. The van der Waals surface area contributed by atoms with Crippen LogP contribution in [0, 0.1) is 0 Å². The molecule has 5 aliphatic carbocycles. The number of ether oxygens (including phenoxy) is 17. The molecule has 5 saturated carbocycles. The highest BCUT2D eigenvalue weighted by atomic mass is 35.5. The van der Waals surface area contributed by atoms with E-state index in [9.17, 15) is 83.1 Å². The number of carbonyl (C=O) groups excluding carboxylic acids is 1. The van der Waals surface area contributed by atoms with E-state index in [-0.39, 0.29) is 42.9 Å². The highest BCUT2D eigenvalue weighted by Gasteiger charge is 2.77. The van der Waals surface area contributed by atoms with Gasteiger partial charge in [0.25, 0.3) is 33.4 Å². The van der Waals surface area contributed by atoms with Crippen molar-refractivity contribution in [1.29, 1.82) is 0 Å². The number of aliphatic hydroxyl groups is 6. The van der Waals surface area contributed by atoms with E-state index in [0.717, 1.165) is 145 Å². The maximum absolute atomic E-state index is 12.4. The Morgan fingerprint density at radius 2 is 0.725 bits per heavy atom. The summed E-state index contributed by atoms with van der Waals surface area (Å²) >= 11 is 6.30. The first-order chi connectivity index (χ1) is 65.6. The second-order valence-electron chi connectivity index (χ2n) is 39.9. The van der Waals surface area contributed by atoms with Crippen LogP contribution in [0.15, 0.2) is 126 Å². The molecule has 18 heterocycles. The average Bonchev–Trinajstić information content (AvgIpc) is 1.53. The van der Waals surface area contributed by atoms with Crippen LogP contribution in [-0.2, 0) is 80.6 Å². The van der Waals surface area contributed by atoms with Gasteiger partial charge in [0, 0.05) is 138 Å². The van der Waals surface area contributed by atoms with E-state index in [1.165, 1.54) is 80.3 Å². The van der Waals surface area contributed by atoms with E-state index in [0.29, 0.717) is 19.1 Å². The molecule has 11 saturated heterocycles. The molecule has 11 N–H and O–H groups in total. The molecule has 16 fully saturated rings. The zero-order valence-corrected chi connectivity index (χ0v) is 78.3. The molecule has 22 atom stereocenters. The molecule has 0 amide bonds. The summed E-state index contributed by atoms with van der Waals surface area (Å²) in [7, 11) is 0. The van der Waals surface area contributed by atoms with Gasteiger partial charge in [0.1, 0.15) is 106 Å². The fourth-order valence-corrected chi connectivity index (χ4v) is 24.2. The van der Waals surface area contributed by atoms with Gasteiger partial charge in [-0.05, 0) is 119 Å². The van der Waals surface area contributed by atoms with Gasteiger partial charge in [-0.3, -0.25) is 81.1 Å². The van der Waals surface area contributed by atoms with Gasteiger partial charge >= 0.3 is 34.5 Å². The van der Waals surface area contributed by atoms with Gasteiger partial charge in [-0.15, -0.1) is 11.6 Å². The molecule has 5 spiro atoms. The molecular formula is C90H119ClN12O35. The number of aliphatic hydroxyl groups excluding tert-OH is 5. The van der Waals surface area contributed by atoms with E-state index in [4.69, 9.17) is 97.2 Å². The summed E-state index contributed by atoms with van der Waals surface area (Å²) in [6, 6.07) is 7.76. The number of carbonyl (C=O) groups is 1. The van der Waals surface area contributed by atoms with Gasteiger partial charge in [-0.25, -0.2) is 24.0 Å². The predicted octanol–water partition coefficient (Wildman–Crippen LogP) is 0.374. The van der Waals surface area contributed by atoms with E-state index < -0.39 is 236 Å².